The van der Waals surface area contributed by atoms with Gasteiger partial charge in [-0.3, -0.25) is 4.79 Å². The van der Waals surface area contributed by atoms with Crippen molar-refractivity contribution >= 4 is 38.3 Å². The van der Waals surface area contributed by atoms with Crippen LogP contribution in [-0.2, 0) is 21.1 Å². The number of halogens is 3. The predicted molar refractivity (Wildman–Crippen MR) is 118 cm³/mol. The van der Waals surface area contributed by atoms with Gasteiger partial charge in [-0.05, 0) is 56.0 Å². The zero-order valence-corrected chi connectivity index (χ0v) is 19.1. The van der Waals surface area contributed by atoms with Gasteiger partial charge in [-0.15, -0.1) is 0 Å². The molecule has 1 N–H and O–H groups in total. The minimum Gasteiger partial charge on any atom is -0.481 e. The van der Waals surface area contributed by atoms with E-state index in [9.17, 15) is 27.1 Å². The van der Waals surface area contributed by atoms with Crippen LogP contribution in [0.2, 0.25) is 5.02 Å². The molecule has 170 valence electrons. The van der Waals surface area contributed by atoms with E-state index >= 15 is 0 Å². The molecule has 0 saturated heterocycles. The van der Waals surface area contributed by atoms with Crippen LogP contribution in [0.25, 0.3) is 10.9 Å². The van der Waals surface area contributed by atoms with Crippen LogP contribution >= 0.6 is 11.6 Å². The Labute approximate surface area is 189 Å². The van der Waals surface area contributed by atoms with E-state index in [1.807, 2.05) is 0 Å². The van der Waals surface area contributed by atoms with Crippen molar-refractivity contribution in [1.29, 1.82) is 0 Å². The van der Waals surface area contributed by atoms with Crippen LogP contribution in [-0.4, -0.2) is 30.3 Å². The third-order valence-corrected chi connectivity index (χ3v) is 7.51. The maximum Gasteiger partial charge on any atom is 0.304 e. The molecule has 0 bridgehead atoms. The fourth-order valence-corrected chi connectivity index (χ4v) is 5.94. The zero-order chi connectivity index (χ0) is 23.4. The number of rotatable bonds is 5. The molecule has 1 aliphatic rings. The maximum atomic E-state index is 14.9. The van der Waals surface area contributed by atoms with Gasteiger partial charge in [0.2, 0.25) is 0 Å². The van der Waals surface area contributed by atoms with Crippen LogP contribution in [0.5, 0.6) is 0 Å². The molecule has 5 nitrogen and oxygen atoms in total. The van der Waals surface area contributed by atoms with Gasteiger partial charge in [-0.25, -0.2) is 17.2 Å². The molecule has 1 heterocycles. The van der Waals surface area contributed by atoms with Crippen LogP contribution < -0.4 is 0 Å². The molecule has 4 rings (SSSR count). The topological polar surface area (TPSA) is 76.4 Å². The van der Waals surface area contributed by atoms with Gasteiger partial charge in [0.15, 0.2) is 9.84 Å². The van der Waals surface area contributed by atoms with E-state index in [1.165, 1.54) is 18.2 Å². The van der Waals surface area contributed by atoms with E-state index in [0.29, 0.717) is 30.3 Å². The van der Waals surface area contributed by atoms with Gasteiger partial charge < -0.3 is 9.67 Å². The number of hydrogen-bond donors (Lipinski definition) is 1. The van der Waals surface area contributed by atoms with Crippen molar-refractivity contribution in [3.8, 4) is 0 Å². The molecule has 2 aromatic carbocycles. The van der Waals surface area contributed by atoms with Crippen LogP contribution in [0, 0.1) is 11.6 Å². The summed E-state index contributed by atoms with van der Waals surface area (Å²) in [5, 5.41) is 10.1. The van der Waals surface area contributed by atoms with Crippen molar-refractivity contribution in [1.82, 2.24) is 4.57 Å². The lowest BCUT2D eigenvalue weighted by molar-refractivity contribution is -0.137. The molecule has 1 aliphatic carbocycles. The normalized spacial score (nSPS) is 17.3. The van der Waals surface area contributed by atoms with Crippen molar-refractivity contribution in [3.05, 3.63) is 63.8 Å². The van der Waals surface area contributed by atoms with Crippen LogP contribution in [0.3, 0.4) is 0 Å². The average Bonchev–Trinajstić information content (AvgIpc) is 3.01. The van der Waals surface area contributed by atoms with E-state index < -0.39 is 39.4 Å². The minimum absolute atomic E-state index is 0.157. The Morgan fingerprint density at radius 3 is 2.62 bits per heavy atom. The van der Waals surface area contributed by atoms with E-state index in [4.69, 9.17) is 11.6 Å². The van der Waals surface area contributed by atoms with Crippen LogP contribution in [0.15, 0.2) is 35.2 Å². The summed E-state index contributed by atoms with van der Waals surface area (Å²) >= 11 is 5.91. The van der Waals surface area contributed by atoms with E-state index in [-0.39, 0.29) is 27.4 Å². The lowest BCUT2D eigenvalue weighted by Gasteiger charge is -2.28. The Balaban J connectivity index is 2.13. The molecule has 1 unspecified atom stereocenters. The third-order valence-electron chi connectivity index (χ3n) is 6.16. The number of benzene rings is 2. The number of aryl methyl sites for hydroxylation is 1. The first-order valence-electron chi connectivity index (χ1n) is 10.2. The number of nitrogens with zero attached hydrogens (tertiary/aromatic N) is 1. The Morgan fingerprint density at radius 1 is 1.28 bits per heavy atom. The van der Waals surface area contributed by atoms with Crippen molar-refractivity contribution in [2.45, 2.75) is 49.5 Å². The molecule has 3 aromatic rings. The Hall–Kier alpha value is -2.45. The molecular weight excluding hydrogens is 460 g/mol. The van der Waals surface area contributed by atoms with Gasteiger partial charge in [-0.1, -0.05) is 17.7 Å². The van der Waals surface area contributed by atoms with Crippen LogP contribution in [0.4, 0.5) is 8.78 Å². The highest BCUT2D eigenvalue weighted by molar-refractivity contribution is 7.91. The minimum atomic E-state index is -3.84. The third kappa shape index (κ3) is 3.90. The molecule has 0 fully saturated rings. The second-order valence-corrected chi connectivity index (χ2v) is 10.8. The SMILES string of the molecule is C[C@@H](c1ccc(Cl)cc1F)n1c2c(c3cc(F)cc(S(C)(=O)=O)c31)CCCC2CC(=O)O. The number of fused-ring (bicyclic) bond motifs is 3. The number of sulfone groups is 1. The average molecular weight is 482 g/mol. The molecule has 9 heteroatoms. The van der Waals surface area contributed by atoms with E-state index in [1.54, 1.807) is 17.6 Å². The first kappa shape index (κ1) is 22.7. The molecule has 0 spiro atoms. The van der Waals surface area contributed by atoms with E-state index in [0.717, 1.165) is 17.9 Å². The summed E-state index contributed by atoms with van der Waals surface area (Å²) in [5.74, 6) is -2.64. The molecule has 2 atom stereocenters. The quantitative estimate of drug-likeness (QED) is 0.523. The second kappa shape index (κ2) is 8.15. The van der Waals surface area contributed by atoms with Crippen molar-refractivity contribution < 1.29 is 27.1 Å². The highest BCUT2D eigenvalue weighted by atomic mass is 35.5. The molecular formula is C23H22ClF2NO4S. The van der Waals surface area contributed by atoms with Crippen molar-refractivity contribution in [2.75, 3.05) is 6.26 Å². The molecule has 0 aliphatic heterocycles. The Bertz CT molecular complexity index is 1350. The number of carbonyl (C=O) groups is 1. The highest BCUT2D eigenvalue weighted by Gasteiger charge is 2.34. The summed E-state index contributed by atoms with van der Waals surface area (Å²) < 4.78 is 56.3. The fourth-order valence-electron chi connectivity index (χ4n) is 4.90. The summed E-state index contributed by atoms with van der Waals surface area (Å²) in [6, 6.07) is 5.82. The summed E-state index contributed by atoms with van der Waals surface area (Å²) in [6.07, 6.45) is 2.67. The van der Waals surface area contributed by atoms with Crippen molar-refractivity contribution in [2.24, 2.45) is 0 Å². The summed E-state index contributed by atoms with van der Waals surface area (Å²) in [4.78, 5) is 11.4. The largest absolute Gasteiger partial charge is 0.481 e. The maximum absolute atomic E-state index is 14.9. The van der Waals surface area contributed by atoms with Gasteiger partial charge in [-0.2, -0.15) is 0 Å². The number of hydrogen-bond acceptors (Lipinski definition) is 3. The lowest BCUT2D eigenvalue weighted by Crippen LogP contribution is -2.20. The van der Waals surface area contributed by atoms with Gasteiger partial charge >= 0.3 is 5.97 Å². The second-order valence-electron chi connectivity index (χ2n) is 8.33. The smallest absolute Gasteiger partial charge is 0.304 e. The summed E-state index contributed by atoms with van der Waals surface area (Å²) in [5.41, 5.74) is 1.91. The molecule has 0 saturated carbocycles. The van der Waals surface area contributed by atoms with E-state index in [2.05, 4.69) is 0 Å². The van der Waals surface area contributed by atoms with Gasteiger partial charge in [0.1, 0.15) is 11.6 Å². The first-order valence-corrected chi connectivity index (χ1v) is 12.5. The zero-order valence-electron chi connectivity index (χ0n) is 17.5. The lowest BCUT2D eigenvalue weighted by atomic mass is 9.84. The predicted octanol–water partition coefficient (Wildman–Crippen LogP) is 5.48. The molecule has 0 radical (unpaired) electrons. The number of carboxylic acid groups (broad SMARTS) is 1. The fraction of sp³-hybridized carbons (Fsp3) is 0.348. The van der Waals surface area contributed by atoms with Gasteiger partial charge in [0.25, 0.3) is 0 Å². The Kier molecular flexibility index (Phi) is 5.79. The standard InChI is InChI=1S/C23H22ClF2NO4S/c1-12(16-7-6-14(24)9-19(16)26)27-22-13(8-21(28)29)4-3-5-17(22)18-10-15(25)11-20(23(18)27)32(2,30)31/h6-7,9-13H,3-5,8H2,1-2H3,(H,28,29)/t12-,13?/m0/s1. The van der Waals surface area contributed by atoms with Crippen LogP contribution in [0.1, 0.15) is 55.0 Å². The number of aliphatic carboxylic acids is 1. The van der Waals surface area contributed by atoms with Gasteiger partial charge in [0.05, 0.1) is 22.9 Å². The monoisotopic (exact) mass is 481 g/mol. The molecule has 0 amide bonds. The summed E-state index contributed by atoms with van der Waals surface area (Å²) in [6.45, 7) is 1.72. The number of carboxylic acids is 1. The number of aromatic nitrogens is 1. The molecule has 1 aromatic heterocycles. The Morgan fingerprint density at radius 2 is 2.00 bits per heavy atom. The first-order chi connectivity index (χ1) is 15.0. The summed E-state index contributed by atoms with van der Waals surface area (Å²) in [7, 11) is -3.84. The van der Waals surface area contributed by atoms with Crippen molar-refractivity contribution in [3.63, 3.8) is 0 Å². The van der Waals surface area contributed by atoms with Gasteiger partial charge in [0, 0.05) is 33.8 Å². The highest BCUT2D eigenvalue weighted by Crippen LogP contribution is 2.45. The molecule has 32 heavy (non-hydrogen) atoms.